The van der Waals surface area contributed by atoms with Gasteiger partial charge >= 0.3 is 0 Å². The van der Waals surface area contributed by atoms with Crippen molar-refractivity contribution >= 4 is 24.8 Å². The summed E-state index contributed by atoms with van der Waals surface area (Å²) in [6.07, 6.45) is 8.02. The van der Waals surface area contributed by atoms with Crippen molar-refractivity contribution in [3.8, 4) is 0 Å². The summed E-state index contributed by atoms with van der Waals surface area (Å²) in [5.41, 5.74) is 0. The minimum absolute atomic E-state index is 0. The highest BCUT2D eigenvalue weighted by atomic mass is 35.5. The Balaban J connectivity index is 0.00000200. The lowest BCUT2D eigenvalue weighted by atomic mass is 9.93. The Labute approximate surface area is 141 Å². The molecule has 21 heavy (non-hydrogen) atoms. The van der Waals surface area contributed by atoms with Gasteiger partial charge in [-0.3, -0.25) is 4.90 Å². The first-order valence-electron chi connectivity index (χ1n) is 7.59. The highest BCUT2D eigenvalue weighted by molar-refractivity contribution is 5.85. The van der Waals surface area contributed by atoms with E-state index in [-0.39, 0.29) is 24.8 Å². The Bertz CT molecular complexity index is 374. The smallest absolute Gasteiger partial charge is 0.123 e. The zero-order chi connectivity index (χ0) is 13.7. The number of piperidine rings is 1. The number of hydrogen-bond donors (Lipinski definition) is 1. The summed E-state index contributed by atoms with van der Waals surface area (Å²) in [6.45, 7) is 9.04. The molecule has 1 aliphatic rings. The largest absolute Gasteiger partial charge is 0.331 e. The van der Waals surface area contributed by atoms with Crippen LogP contribution in [0.15, 0.2) is 12.4 Å². The Morgan fingerprint density at radius 3 is 2.52 bits per heavy atom. The second-order valence-electron chi connectivity index (χ2n) is 5.96. The molecule has 0 unspecified atom stereocenters. The summed E-state index contributed by atoms with van der Waals surface area (Å²) in [7, 11) is 2.04. The molecule has 0 bridgehead atoms. The molecule has 1 saturated heterocycles. The molecule has 1 aliphatic heterocycles. The third-order valence-electron chi connectivity index (χ3n) is 4.18. The summed E-state index contributed by atoms with van der Waals surface area (Å²) in [5.74, 6) is 2.12. The molecule has 1 fully saturated rings. The van der Waals surface area contributed by atoms with Gasteiger partial charge in [-0.1, -0.05) is 0 Å². The number of nitrogens with one attached hydrogen (secondary N) is 1. The quantitative estimate of drug-likeness (QED) is 0.866. The fourth-order valence-electron chi connectivity index (χ4n) is 2.92. The Morgan fingerprint density at radius 2 is 1.95 bits per heavy atom. The predicted octanol–water partition coefficient (Wildman–Crippen LogP) is 3.13. The third-order valence-corrected chi connectivity index (χ3v) is 4.18. The van der Waals surface area contributed by atoms with Crippen molar-refractivity contribution in [2.24, 2.45) is 5.92 Å². The van der Waals surface area contributed by atoms with E-state index in [0.717, 1.165) is 19.0 Å². The topological polar surface area (TPSA) is 33.1 Å². The van der Waals surface area contributed by atoms with E-state index in [4.69, 9.17) is 0 Å². The highest BCUT2D eigenvalue weighted by Crippen LogP contribution is 2.21. The number of likely N-dealkylation sites (tertiary alicyclic amines) is 1. The number of hydrogen-bond acceptors (Lipinski definition) is 3. The summed E-state index contributed by atoms with van der Waals surface area (Å²) in [4.78, 5) is 7.06. The summed E-state index contributed by atoms with van der Waals surface area (Å²) >= 11 is 0. The van der Waals surface area contributed by atoms with E-state index in [0.29, 0.717) is 6.04 Å². The molecule has 0 amide bonds. The van der Waals surface area contributed by atoms with E-state index in [1.54, 1.807) is 0 Å². The zero-order valence-corrected chi connectivity index (χ0v) is 15.1. The van der Waals surface area contributed by atoms with Crippen molar-refractivity contribution in [1.29, 1.82) is 0 Å². The fourth-order valence-corrected chi connectivity index (χ4v) is 2.92. The van der Waals surface area contributed by atoms with Crippen LogP contribution >= 0.6 is 24.8 Å². The molecule has 124 valence electrons. The van der Waals surface area contributed by atoms with Crippen LogP contribution in [0.2, 0.25) is 0 Å². The van der Waals surface area contributed by atoms with Crippen LogP contribution in [-0.2, 0) is 6.54 Å². The van der Waals surface area contributed by atoms with Crippen LogP contribution < -0.4 is 5.32 Å². The second kappa shape index (κ2) is 10.4. The van der Waals surface area contributed by atoms with Crippen LogP contribution in [0.5, 0.6) is 0 Å². The third kappa shape index (κ3) is 6.15. The minimum atomic E-state index is 0. The van der Waals surface area contributed by atoms with Gasteiger partial charge in [-0.25, -0.2) is 4.98 Å². The van der Waals surface area contributed by atoms with Gasteiger partial charge in [0, 0.05) is 18.4 Å². The lowest BCUT2D eigenvalue weighted by Gasteiger charge is -2.32. The number of imidazole rings is 1. The molecule has 1 aromatic heterocycles. The monoisotopic (exact) mass is 336 g/mol. The fraction of sp³-hybridized carbons (Fsp3) is 0.800. The molecular weight excluding hydrogens is 307 g/mol. The van der Waals surface area contributed by atoms with E-state index in [2.05, 4.69) is 39.8 Å². The number of halogens is 2. The molecule has 2 rings (SSSR count). The molecule has 0 saturated carbocycles. The van der Waals surface area contributed by atoms with Gasteiger partial charge in [0.1, 0.15) is 5.82 Å². The summed E-state index contributed by atoms with van der Waals surface area (Å²) < 4.78 is 2.28. The predicted molar refractivity (Wildman–Crippen MR) is 93.7 cm³/mol. The van der Waals surface area contributed by atoms with Crippen LogP contribution in [-0.4, -0.2) is 41.1 Å². The highest BCUT2D eigenvalue weighted by Gasteiger charge is 2.20. The van der Waals surface area contributed by atoms with E-state index in [1.165, 1.54) is 38.2 Å². The van der Waals surface area contributed by atoms with Crippen LogP contribution in [0.25, 0.3) is 0 Å². The SMILES string of the molecule is CNCCC1CCN(Cc2nccn2C(C)C)CC1.Cl.Cl. The average Bonchev–Trinajstić information content (AvgIpc) is 2.86. The van der Waals surface area contributed by atoms with Gasteiger partial charge in [-0.2, -0.15) is 0 Å². The minimum Gasteiger partial charge on any atom is -0.331 e. The van der Waals surface area contributed by atoms with Gasteiger partial charge in [-0.15, -0.1) is 24.8 Å². The molecule has 0 aliphatic carbocycles. The molecular formula is C15H30Cl2N4. The Morgan fingerprint density at radius 1 is 1.29 bits per heavy atom. The van der Waals surface area contributed by atoms with Crippen LogP contribution in [0, 0.1) is 5.92 Å². The molecule has 6 heteroatoms. The van der Waals surface area contributed by atoms with Gasteiger partial charge in [0.15, 0.2) is 0 Å². The number of nitrogens with zero attached hydrogens (tertiary/aromatic N) is 3. The number of aromatic nitrogens is 2. The van der Waals surface area contributed by atoms with E-state index in [9.17, 15) is 0 Å². The van der Waals surface area contributed by atoms with Crippen molar-refractivity contribution in [3.63, 3.8) is 0 Å². The lowest BCUT2D eigenvalue weighted by molar-refractivity contribution is 0.166. The molecule has 0 aromatic carbocycles. The molecule has 0 radical (unpaired) electrons. The first-order chi connectivity index (χ1) is 9.20. The first kappa shape index (κ1) is 20.7. The standard InChI is InChI=1S/C15H28N4.2ClH/c1-13(2)19-11-8-17-15(19)12-18-9-5-14(6-10-18)4-7-16-3;;/h8,11,13-14,16H,4-7,9-10,12H2,1-3H3;2*1H. The molecule has 1 aromatic rings. The lowest BCUT2D eigenvalue weighted by Crippen LogP contribution is -2.34. The van der Waals surface area contributed by atoms with Gasteiger partial charge in [0.25, 0.3) is 0 Å². The molecule has 0 atom stereocenters. The van der Waals surface area contributed by atoms with E-state index in [1.807, 2.05) is 13.2 Å². The van der Waals surface area contributed by atoms with Crippen LogP contribution in [0.1, 0.15) is 45.0 Å². The van der Waals surface area contributed by atoms with E-state index >= 15 is 0 Å². The maximum atomic E-state index is 4.51. The Hall–Kier alpha value is -0.290. The van der Waals surface area contributed by atoms with Gasteiger partial charge in [-0.05, 0) is 65.7 Å². The van der Waals surface area contributed by atoms with Crippen molar-refractivity contribution < 1.29 is 0 Å². The zero-order valence-electron chi connectivity index (χ0n) is 13.4. The van der Waals surface area contributed by atoms with Gasteiger partial charge < -0.3 is 9.88 Å². The Kier molecular flexibility index (Phi) is 10.3. The molecule has 1 N–H and O–H groups in total. The summed E-state index contributed by atoms with van der Waals surface area (Å²) in [6, 6.07) is 0.505. The van der Waals surface area contributed by atoms with Crippen molar-refractivity contribution in [2.45, 2.75) is 45.7 Å². The van der Waals surface area contributed by atoms with Crippen LogP contribution in [0.3, 0.4) is 0 Å². The van der Waals surface area contributed by atoms with Crippen LogP contribution in [0.4, 0.5) is 0 Å². The second-order valence-corrected chi connectivity index (χ2v) is 5.96. The first-order valence-corrected chi connectivity index (χ1v) is 7.59. The van der Waals surface area contributed by atoms with Crippen molar-refractivity contribution in [3.05, 3.63) is 18.2 Å². The number of rotatable bonds is 6. The van der Waals surface area contributed by atoms with Crippen molar-refractivity contribution in [2.75, 3.05) is 26.7 Å². The van der Waals surface area contributed by atoms with Crippen molar-refractivity contribution in [1.82, 2.24) is 19.8 Å². The molecule has 4 nitrogen and oxygen atoms in total. The molecule has 2 heterocycles. The average molecular weight is 337 g/mol. The molecule has 0 spiro atoms. The van der Waals surface area contributed by atoms with E-state index < -0.39 is 0 Å². The normalized spacial score (nSPS) is 16.6. The summed E-state index contributed by atoms with van der Waals surface area (Å²) in [5, 5.41) is 3.26. The van der Waals surface area contributed by atoms with Gasteiger partial charge in [0.05, 0.1) is 6.54 Å². The maximum Gasteiger partial charge on any atom is 0.123 e. The maximum absolute atomic E-state index is 4.51. The van der Waals surface area contributed by atoms with Gasteiger partial charge in [0.2, 0.25) is 0 Å².